The number of carbonyl (C=O) groups is 1. The third-order valence-electron chi connectivity index (χ3n) is 2.41. The normalized spacial score (nSPS) is 14.2. The molecule has 18 heavy (non-hydrogen) atoms. The molecule has 0 spiro atoms. The summed E-state index contributed by atoms with van der Waals surface area (Å²) in [6.07, 6.45) is 1.50. The minimum Gasteiger partial charge on any atom is -0.465 e. The summed E-state index contributed by atoms with van der Waals surface area (Å²) in [7, 11) is 0. The number of thioether (sulfide) groups is 1. The number of nitrogens with two attached hydrogens (primary N) is 1. The van der Waals surface area contributed by atoms with Gasteiger partial charge in [0.2, 0.25) is 0 Å². The molecule has 0 aliphatic carbocycles. The van der Waals surface area contributed by atoms with Crippen molar-refractivity contribution in [1.82, 2.24) is 4.98 Å². The van der Waals surface area contributed by atoms with Gasteiger partial charge in [-0.15, -0.1) is 11.3 Å². The average molecular weight is 288 g/mol. The second-order valence-corrected chi connectivity index (χ2v) is 6.54. The van der Waals surface area contributed by atoms with Gasteiger partial charge >= 0.3 is 5.97 Å². The number of hydrogen-bond donors (Lipinski definition) is 1. The zero-order chi connectivity index (χ0) is 13.6. The van der Waals surface area contributed by atoms with Gasteiger partial charge in [0.25, 0.3) is 0 Å². The van der Waals surface area contributed by atoms with E-state index in [1.54, 1.807) is 36.9 Å². The standard InChI is InChI=1S/C12H20N2O2S2/c1-4-16-10(15)12(3,13)6-5-7-17-11-14-9(2)8-18-11/h8H,4-7,13H2,1-3H3. The molecule has 0 amide bonds. The number of aromatic nitrogens is 1. The van der Waals surface area contributed by atoms with Gasteiger partial charge in [-0.3, -0.25) is 4.79 Å². The van der Waals surface area contributed by atoms with Crippen LogP contribution in [-0.4, -0.2) is 28.9 Å². The Labute approximate surface area is 116 Å². The van der Waals surface area contributed by atoms with Gasteiger partial charge in [0.05, 0.1) is 6.61 Å². The molecule has 1 unspecified atom stereocenters. The molecule has 0 aliphatic heterocycles. The van der Waals surface area contributed by atoms with E-state index in [9.17, 15) is 4.79 Å². The van der Waals surface area contributed by atoms with Crippen molar-refractivity contribution in [2.45, 2.75) is 43.5 Å². The first kappa shape index (κ1) is 15.5. The monoisotopic (exact) mass is 288 g/mol. The summed E-state index contributed by atoms with van der Waals surface area (Å²) < 4.78 is 6.02. The minimum atomic E-state index is -0.880. The third kappa shape index (κ3) is 4.96. The summed E-state index contributed by atoms with van der Waals surface area (Å²) in [5.41, 5.74) is 6.11. The van der Waals surface area contributed by atoms with Gasteiger partial charge in [0.15, 0.2) is 0 Å². The fourth-order valence-electron chi connectivity index (χ4n) is 1.40. The fraction of sp³-hybridized carbons (Fsp3) is 0.667. The van der Waals surface area contributed by atoms with Crippen molar-refractivity contribution in [2.24, 2.45) is 5.73 Å². The number of hydrogen-bond acceptors (Lipinski definition) is 6. The molecule has 1 heterocycles. The van der Waals surface area contributed by atoms with Crippen molar-refractivity contribution in [2.75, 3.05) is 12.4 Å². The molecule has 0 bridgehead atoms. The lowest BCUT2D eigenvalue weighted by molar-refractivity contribution is -0.149. The summed E-state index contributed by atoms with van der Waals surface area (Å²) in [6, 6.07) is 0. The van der Waals surface area contributed by atoms with Crippen LogP contribution >= 0.6 is 23.1 Å². The van der Waals surface area contributed by atoms with E-state index in [1.165, 1.54) is 0 Å². The number of rotatable bonds is 7. The Balaban J connectivity index is 2.26. The smallest absolute Gasteiger partial charge is 0.325 e. The quantitative estimate of drug-likeness (QED) is 0.474. The Morgan fingerprint density at radius 3 is 2.94 bits per heavy atom. The van der Waals surface area contributed by atoms with Gasteiger partial charge in [0.1, 0.15) is 9.88 Å². The van der Waals surface area contributed by atoms with Gasteiger partial charge in [-0.25, -0.2) is 4.98 Å². The fourth-order valence-corrected chi connectivity index (χ4v) is 3.25. The van der Waals surface area contributed by atoms with E-state index in [4.69, 9.17) is 10.5 Å². The topological polar surface area (TPSA) is 65.2 Å². The van der Waals surface area contributed by atoms with Gasteiger partial charge in [0, 0.05) is 16.8 Å². The van der Waals surface area contributed by atoms with Crippen LogP contribution in [0.3, 0.4) is 0 Å². The van der Waals surface area contributed by atoms with Crippen molar-refractivity contribution in [3.63, 3.8) is 0 Å². The van der Waals surface area contributed by atoms with E-state index in [0.717, 1.165) is 22.2 Å². The molecular formula is C12H20N2O2S2. The van der Waals surface area contributed by atoms with Crippen molar-refractivity contribution in [1.29, 1.82) is 0 Å². The van der Waals surface area contributed by atoms with E-state index >= 15 is 0 Å². The Morgan fingerprint density at radius 1 is 1.67 bits per heavy atom. The van der Waals surface area contributed by atoms with Gasteiger partial charge in [-0.05, 0) is 33.6 Å². The molecule has 0 radical (unpaired) electrons. The van der Waals surface area contributed by atoms with Crippen LogP contribution in [0, 0.1) is 6.92 Å². The first-order valence-electron chi connectivity index (χ1n) is 5.96. The lowest BCUT2D eigenvalue weighted by Crippen LogP contribution is -2.46. The second kappa shape index (κ2) is 7.11. The Bertz CT molecular complexity index is 391. The maximum atomic E-state index is 11.6. The molecule has 1 atom stereocenters. The summed E-state index contributed by atoms with van der Waals surface area (Å²) in [5, 5.41) is 2.04. The summed E-state index contributed by atoms with van der Waals surface area (Å²) >= 11 is 3.36. The maximum absolute atomic E-state index is 11.6. The van der Waals surface area contributed by atoms with Crippen molar-refractivity contribution in [3.8, 4) is 0 Å². The lowest BCUT2D eigenvalue weighted by atomic mass is 9.98. The molecule has 0 saturated carbocycles. The molecule has 102 valence electrons. The summed E-state index contributed by atoms with van der Waals surface area (Å²) in [5.74, 6) is 0.596. The largest absolute Gasteiger partial charge is 0.465 e. The first-order valence-corrected chi connectivity index (χ1v) is 7.83. The first-order chi connectivity index (χ1) is 8.45. The van der Waals surface area contributed by atoms with Crippen LogP contribution in [0.5, 0.6) is 0 Å². The predicted octanol–water partition coefficient (Wildman–Crippen LogP) is 2.60. The average Bonchev–Trinajstić information content (AvgIpc) is 2.71. The van der Waals surface area contributed by atoms with Gasteiger partial charge in [-0.2, -0.15) is 0 Å². The second-order valence-electron chi connectivity index (χ2n) is 4.34. The highest BCUT2D eigenvalue weighted by molar-refractivity contribution is 8.00. The zero-order valence-corrected chi connectivity index (χ0v) is 12.7. The lowest BCUT2D eigenvalue weighted by Gasteiger charge is -2.21. The molecule has 1 rings (SSSR count). The molecule has 6 heteroatoms. The molecule has 0 fully saturated rings. The van der Waals surface area contributed by atoms with Crippen LogP contribution in [0.1, 0.15) is 32.4 Å². The van der Waals surface area contributed by atoms with Crippen molar-refractivity contribution < 1.29 is 9.53 Å². The number of thiazole rings is 1. The van der Waals surface area contributed by atoms with Crippen molar-refractivity contribution in [3.05, 3.63) is 11.1 Å². The Morgan fingerprint density at radius 2 is 2.39 bits per heavy atom. The van der Waals surface area contributed by atoms with E-state index < -0.39 is 5.54 Å². The van der Waals surface area contributed by atoms with E-state index in [0.29, 0.717) is 13.0 Å². The molecular weight excluding hydrogens is 268 g/mol. The van der Waals surface area contributed by atoms with Gasteiger partial charge in [-0.1, -0.05) is 11.8 Å². The number of nitrogens with zero attached hydrogens (tertiary/aromatic N) is 1. The highest BCUT2D eigenvalue weighted by Crippen LogP contribution is 2.24. The summed E-state index contributed by atoms with van der Waals surface area (Å²) in [6.45, 7) is 5.87. The molecule has 0 aromatic carbocycles. The van der Waals surface area contributed by atoms with E-state index in [-0.39, 0.29) is 5.97 Å². The highest BCUT2D eigenvalue weighted by Gasteiger charge is 2.29. The third-order valence-corrected chi connectivity index (χ3v) is 4.63. The van der Waals surface area contributed by atoms with Crippen LogP contribution in [-0.2, 0) is 9.53 Å². The SMILES string of the molecule is CCOC(=O)C(C)(N)CCCSc1nc(C)cs1. The molecule has 0 saturated heterocycles. The number of ether oxygens (including phenoxy) is 1. The van der Waals surface area contributed by atoms with E-state index in [2.05, 4.69) is 4.98 Å². The summed E-state index contributed by atoms with van der Waals surface area (Å²) in [4.78, 5) is 15.9. The maximum Gasteiger partial charge on any atom is 0.325 e. The van der Waals surface area contributed by atoms with Crippen LogP contribution in [0.25, 0.3) is 0 Å². The number of carbonyl (C=O) groups excluding carboxylic acids is 1. The van der Waals surface area contributed by atoms with Crippen molar-refractivity contribution >= 4 is 29.1 Å². The zero-order valence-electron chi connectivity index (χ0n) is 11.1. The van der Waals surface area contributed by atoms with Crippen LogP contribution in [0.15, 0.2) is 9.72 Å². The Kier molecular flexibility index (Phi) is 6.11. The molecule has 1 aromatic rings. The molecule has 4 nitrogen and oxygen atoms in total. The number of esters is 1. The van der Waals surface area contributed by atoms with Gasteiger partial charge < -0.3 is 10.5 Å². The predicted molar refractivity (Wildman–Crippen MR) is 76.0 cm³/mol. The molecule has 1 aromatic heterocycles. The Hall–Kier alpha value is -0.590. The van der Waals surface area contributed by atoms with E-state index in [1.807, 2.05) is 12.3 Å². The molecule has 2 N–H and O–H groups in total. The van der Waals surface area contributed by atoms with Crippen LogP contribution in [0.4, 0.5) is 0 Å². The number of aryl methyl sites for hydroxylation is 1. The highest BCUT2D eigenvalue weighted by atomic mass is 32.2. The van der Waals surface area contributed by atoms with Crippen LogP contribution < -0.4 is 5.73 Å². The van der Waals surface area contributed by atoms with Crippen LogP contribution in [0.2, 0.25) is 0 Å². The molecule has 0 aliphatic rings. The minimum absolute atomic E-state index is 0.319.